The summed E-state index contributed by atoms with van der Waals surface area (Å²) in [7, 11) is 0. The Bertz CT molecular complexity index is 718. The fraction of sp³-hybridized carbons (Fsp3) is 0.500. The molecule has 25 heavy (non-hydrogen) atoms. The van der Waals surface area contributed by atoms with Crippen LogP contribution in [0.2, 0.25) is 0 Å². The van der Waals surface area contributed by atoms with Crippen LogP contribution in [0.1, 0.15) is 49.7 Å². The van der Waals surface area contributed by atoms with Crippen LogP contribution >= 0.6 is 0 Å². The van der Waals surface area contributed by atoms with Crippen molar-refractivity contribution >= 4 is 11.6 Å². The fourth-order valence-corrected chi connectivity index (χ4v) is 2.83. The van der Waals surface area contributed by atoms with E-state index in [2.05, 4.69) is 15.5 Å². The van der Waals surface area contributed by atoms with Gasteiger partial charge in [0.05, 0.1) is 12.5 Å². The molecule has 0 bridgehead atoms. The monoisotopic (exact) mass is 343 g/mol. The summed E-state index contributed by atoms with van der Waals surface area (Å²) in [5.41, 5.74) is 0.742. The Morgan fingerprint density at radius 1 is 1.24 bits per heavy atom. The smallest absolute Gasteiger partial charge is 0.229 e. The highest BCUT2D eigenvalue weighted by atomic mass is 16.5. The molecule has 0 unspecified atom stereocenters. The van der Waals surface area contributed by atoms with Crippen LogP contribution in [0.25, 0.3) is 0 Å². The first-order chi connectivity index (χ1) is 12.3. The minimum Gasteiger partial charge on any atom is -0.485 e. The lowest BCUT2D eigenvalue weighted by atomic mass is 10.2. The maximum Gasteiger partial charge on any atom is 0.229 e. The summed E-state index contributed by atoms with van der Waals surface area (Å²) in [5, 5.41) is 6.80. The van der Waals surface area contributed by atoms with Crippen molar-refractivity contribution in [3.05, 3.63) is 36.0 Å². The van der Waals surface area contributed by atoms with Crippen LogP contribution in [0, 0.1) is 0 Å². The number of carbonyl (C=O) groups excluding carboxylic acids is 1. The van der Waals surface area contributed by atoms with E-state index in [9.17, 15) is 4.79 Å². The predicted octanol–water partition coefficient (Wildman–Crippen LogP) is 3.03. The van der Waals surface area contributed by atoms with E-state index in [1.165, 1.54) is 0 Å². The number of ether oxygens (including phenoxy) is 2. The summed E-state index contributed by atoms with van der Waals surface area (Å²) < 4.78 is 16.3. The molecule has 4 rings (SSSR count). The molecule has 132 valence electrons. The zero-order chi connectivity index (χ0) is 17.1. The van der Waals surface area contributed by atoms with Crippen LogP contribution in [0.3, 0.4) is 0 Å². The van der Waals surface area contributed by atoms with Crippen LogP contribution in [0.15, 0.2) is 28.8 Å². The second kappa shape index (κ2) is 7.23. The van der Waals surface area contributed by atoms with Gasteiger partial charge in [0.2, 0.25) is 17.6 Å². The van der Waals surface area contributed by atoms with Crippen LogP contribution in [-0.2, 0) is 16.1 Å². The number of amides is 1. The predicted molar refractivity (Wildman–Crippen MR) is 89.3 cm³/mol. The lowest BCUT2D eigenvalue weighted by Crippen LogP contribution is -2.19. The summed E-state index contributed by atoms with van der Waals surface area (Å²) in [6.45, 7) is 1.02. The Morgan fingerprint density at radius 2 is 2.08 bits per heavy atom. The van der Waals surface area contributed by atoms with Gasteiger partial charge in [-0.15, -0.1) is 0 Å². The molecule has 7 heteroatoms. The molecule has 0 radical (unpaired) electrons. The van der Waals surface area contributed by atoms with Gasteiger partial charge < -0.3 is 19.3 Å². The molecule has 1 aliphatic carbocycles. The van der Waals surface area contributed by atoms with Crippen LogP contribution in [-0.4, -0.2) is 28.8 Å². The van der Waals surface area contributed by atoms with Crippen molar-refractivity contribution in [1.29, 1.82) is 0 Å². The van der Waals surface area contributed by atoms with E-state index in [1.807, 2.05) is 24.3 Å². The summed E-state index contributed by atoms with van der Waals surface area (Å²) >= 11 is 0. The number of anilines is 1. The van der Waals surface area contributed by atoms with Crippen LogP contribution < -0.4 is 10.1 Å². The lowest BCUT2D eigenvalue weighted by molar-refractivity contribution is -0.118. The lowest BCUT2D eigenvalue weighted by Gasteiger charge is -2.10. The molecular weight excluding hydrogens is 322 g/mol. The topological polar surface area (TPSA) is 86.5 Å². The molecule has 7 nitrogen and oxygen atoms in total. The van der Waals surface area contributed by atoms with E-state index in [4.69, 9.17) is 14.0 Å². The second-order valence-electron chi connectivity index (χ2n) is 6.52. The Labute approximate surface area is 145 Å². The van der Waals surface area contributed by atoms with Crippen molar-refractivity contribution in [3.8, 4) is 5.75 Å². The Balaban J connectivity index is 1.25. The first kappa shape index (κ1) is 16.1. The SMILES string of the molecule is O=C(C[C@@H]1CCCO1)Nc1ccc(OCc2noc(C3CC3)n2)cc1. The molecule has 1 saturated carbocycles. The highest BCUT2D eigenvalue weighted by Crippen LogP contribution is 2.38. The Hall–Kier alpha value is -2.41. The molecule has 1 N–H and O–H groups in total. The van der Waals surface area contributed by atoms with Gasteiger partial charge in [0.15, 0.2) is 6.61 Å². The van der Waals surface area contributed by atoms with Crippen LogP contribution in [0.5, 0.6) is 5.75 Å². The van der Waals surface area contributed by atoms with Gasteiger partial charge in [-0.25, -0.2) is 0 Å². The summed E-state index contributed by atoms with van der Waals surface area (Å²) in [6, 6.07) is 7.25. The number of aromatic nitrogens is 2. The van der Waals surface area contributed by atoms with E-state index >= 15 is 0 Å². The molecule has 2 aromatic rings. The Morgan fingerprint density at radius 3 is 2.80 bits per heavy atom. The van der Waals surface area contributed by atoms with E-state index in [0.29, 0.717) is 29.8 Å². The molecule has 2 fully saturated rings. The molecule has 2 aliphatic rings. The number of hydrogen-bond donors (Lipinski definition) is 1. The zero-order valence-corrected chi connectivity index (χ0v) is 13.9. The van der Waals surface area contributed by atoms with Crippen molar-refractivity contribution in [2.24, 2.45) is 0 Å². The third-order valence-corrected chi connectivity index (χ3v) is 4.35. The molecule has 1 aliphatic heterocycles. The zero-order valence-electron chi connectivity index (χ0n) is 13.9. The molecule has 1 amide bonds. The molecule has 1 saturated heterocycles. The van der Waals surface area contributed by atoms with Gasteiger partial charge in [0.1, 0.15) is 5.75 Å². The van der Waals surface area contributed by atoms with E-state index < -0.39 is 0 Å². The van der Waals surface area contributed by atoms with Gasteiger partial charge in [-0.3, -0.25) is 4.79 Å². The van der Waals surface area contributed by atoms with Gasteiger partial charge in [0.25, 0.3) is 0 Å². The largest absolute Gasteiger partial charge is 0.485 e. The third-order valence-electron chi connectivity index (χ3n) is 4.35. The average molecular weight is 343 g/mol. The summed E-state index contributed by atoms with van der Waals surface area (Å²) in [6.07, 6.45) is 4.70. The fourth-order valence-electron chi connectivity index (χ4n) is 2.83. The first-order valence-corrected chi connectivity index (χ1v) is 8.73. The van der Waals surface area contributed by atoms with E-state index in [1.54, 1.807) is 0 Å². The molecule has 1 aromatic heterocycles. The highest BCUT2D eigenvalue weighted by molar-refractivity contribution is 5.91. The van der Waals surface area contributed by atoms with Crippen LogP contribution in [0.4, 0.5) is 5.69 Å². The quantitative estimate of drug-likeness (QED) is 0.831. The molecule has 0 spiro atoms. The number of carbonyl (C=O) groups is 1. The molecular formula is C18H21N3O4. The number of benzene rings is 1. The summed E-state index contributed by atoms with van der Waals surface area (Å²) in [4.78, 5) is 16.3. The van der Waals surface area contributed by atoms with Gasteiger partial charge in [-0.05, 0) is 49.9 Å². The molecule has 1 aromatic carbocycles. The average Bonchev–Trinajstić information content (AvgIpc) is 3.14. The van der Waals surface area contributed by atoms with Crippen molar-refractivity contribution in [2.45, 2.75) is 50.7 Å². The maximum atomic E-state index is 12.0. The van der Waals surface area contributed by atoms with Crippen molar-refractivity contribution < 1.29 is 18.8 Å². The normalized spacial score (nSPS) is 19.8. The van der Waals surface area contributed by atoms with Gasteiger partial charge in [-0.2, -0.15) is 4.98 Å². The van der Waals surface area contributed by atoms with Gasteiger partial charge >= 0.3 is 0 Å². The van der Waals surface area contributed by atoms with E-state index in [-0.39, 0.29) is 18.6 Å². The minimum absolute atomic E-state index is 0.0278. The third kappa shape index (κ3) is 4.36. The van der Waals surface area contributed by atoms with Gasteiger partial charge in [0, 0.05) is 18.2 Å². The standard InChI is InChI=1S/C18H21N3O4/c22-17(10-15-2-1-9-23-15)19-13-5-7-14(8-6-13)24-11-16-20-18(25-21-16)12-3-4-12/h5-8,12,15H,1-4,9-11H2,(H,19,22)/t15-/m0/s1. The molecule has 2 heterocycles. The Kier molecular flexibility index (Phi) is 4.65. The number of hydrogen-bond acceptors (Lipinski definition) is 6. The number of nitrogens with zero attached hydrogens (tertiary/aromatic N) is 2. The first-order valence-electron chi connectivity index (χ1n) is 8.73. The number of nitrogens with one attached hydrogen (secondary N) is 1. The number of rotatable bonds is 7. The highest BCUT2D eigenvalue weighted by Gasteiger charge is 2.29. The second-order valence-corrected chi connectivity index (χ2v) is 6.52. The van der Waals surface area contributed by atoms with Crippen molar-refractivity contribution in [3.63, 3.8) is 0 Å². The van der Waals surface area contributed by atoms with Crippen molar-refractivity contribution in [2.75, 3.05) is 11.9 Å². The molecule has 1 atom stereocenters. The van der Waals surface area contributed by atoms with E-state index in [0.717, 1.165) is 38.0 Å². The summed E-state index contributed by atoms with van der Waals surface area (Å²) in [5.74, 6) is 2.37. The maximum absolute atomic E-state index is 12.0. The van der Waals surface area contributed by atoms with Crippen molar-refractivity contribution in [1.82, 2.24) is 10.1 Å². The van der Waals surface area contributed by atoms with Gasteiger partial charge in [-0.1, -0.05) is 5.16 Å². The minimum atomic E-state index is -0.0278.